The fourth-order valence-electron chi connectivity index (χ4n) is 4.31. The lowest BCUT2D eigenvalue weighted by molar-refractivity contribution is -0.115. The highest BCUT2D eigenvalue weighted by Gasteiger charge is 2.29. The maximum Gasteiger partial charge on any atom is 0.348 e. The van der Waals surface area contributed by atoms with Gasteiger partial charge in [0, 0.05) is 0 Å². The standard InChI is InChI=1S/C31H32FN5O7S2/c1-6-43-29(40)24-17(3)25(30(41)44-7-2)46-28(24)34-26(38)18(4)45-31-36-35-23(37(31)21-14-10-11-15-22(21)42-5)16-33-27(39)19-12-8-9-13-20(19)32/h8-15,18H,6-7,16H2,1-5H3,(H,33,39)(H,34,38). The van der Waals surface area contributed by atoms with E-state index in [-0.39, 0.29) is 40.8 Å². The number of thiophene rings is 1. The molecule has 0 aliphatic carbocycles. The van der Waals surface area contributed by atoms with Gasteiger partial charge in [0.1, 0.15) is 21.4 Å². The van der Waals surface area contributed by atoms with Crippen molar-refractivity contribution in [1.29, 1.82) is 0 Å². The fraction of sp³-hybridized carbons (Fsp3) is 0.290. The molecule has 2 aromatic carbocycles. The molecular formula is C31H32FN5O7S2. The molecule has 12 nitrogen and oxygen atoms in total. The Kier molecular flexibility index (Phi) is 11.5. The second-order valence-corrected chi connectivity index (χ2v) is 11.8. The number of amides is 2. The quantitative estimate of drug-likeness (QED) is 0.144. The number of aromatic nitrogens is 3. The van der Waals surface area contributed by atoms with Crippen LogP contribution in [0.25, 0.3) is 5.69 Å². The van der Waals surface area contributed by atoms with Gasteiger partial charge in [-0.05, 0) is 57.5 Å². The first-order valence-corrected chi connectivity index (χ1v) is 15.9. The van der Waals surface area contributed by atoms with Crippen molar-refractivity contribution >= 4 is 51.9 Å². The Morgan fingerprint density at radius 3 is 2.37 bits per heavy atom. The third kappa shape index (κ3) is 7.54. The molecule has 0 radical (unpaired) electrons. The summed E-state index contributed by atoms with van der Waals surface area (Å²) in [5.74, 6) is -2.32. The van der Waals surface area contributed by atoms with Crippen LogP contribution in [-0.4, -0.2) is 64.1 Å². The van der Waals surface area contributed by atoms with Crippen LogP contribution < -0.4 is 15.4 Å². The van der Waals surface area contributed by atoms with Crippen molar-refractivity contribution in [3.8, 4) is 11.4 Å². The van der Waals surface area contributed by atoms with Crippen molar-refractivity contribution in [2.24, 2.45) is 0 Å². The number of nitrogens with zero attached hydrogens (tertiary/aromatic N) is 3. The molecule has 4 aromatic rings. The van der Waals surface area contributed by atoms with Crippen molar-refractivity contribution in [3.05, 3.63) is 81.7 Å². The van der Waals surface area contributed by atoms with Crippen LogP contribution >= 0.6 is 23.1 Å². The smallest absolute Gasteiger partial charge is 0.348 e. The number of esters is 2. The average molecular weight is 670 g/mol. The van der Waals surface area contributed by atoms with Crippen LogP contribution in [-0.2, 0) is 20.8 Å². The molecule has 2 N–H and O–H groups in total. The SMILES string of the molecule is CCOC(=O)c1sc(NC(=O)C(C)Sc2nnc(CNC(=O)c3ccccc3F)n2-c2ccccc2OC)c(C(=O)OCC)c1C. The van der Waals surface area contributed by atoms with E-state index in [0.29, 0.717) is 28.0 Å². The zero-order valence-corrected chi connectivity index (χ0v) is 27.3. The molecule has 1 atom stereocenters. The lowest BCUT2D eigenvalue weighted by Gasteiger charge is -2.16. The second kappa shape index (κ2) is 15.5. The predicted molar refractivity (Wildman–Crippen MR) is 170 cm³/mol. The summed E-state index contributed by atoms with van der Waals surface area (Å²) >= 11 is 1.99. The first-order valence-electron chi connectivity index (χ1n) is 14.2. The number of benzene rings is 2. The van der Waals surface area contributed by atoms with Gasteiger partial charge in [-0.1, -0.05) is 36.0 Å². The molecule has 242 valence electrons. The van der Waals surface area contributed by atoms with Gasteiger partial charge in [-0.15, -0.1) is 21.5 Å². The number of ether oxygens (including phenoxy) is 3. The molecule has 1 unspecified atom stereocenters. The maximum atomic E-state index is 14.2. The summed E-state index contributed by atoms with van der Waals surface area (Å²) in [5.41, 5.74) is 0.835. The first-order chi connectivity index (χ1) is 22.1. The van der Waals surface area contributed by atoms with E-state index in [9.17, 15) is 23.6 Å². The summed E-state index contributed by atoms with van der Waals surface area (Å²) in [6.07, 6.45) is 0. The molecule has 0 saturated heterocycles. The molecule has 2 aromatic heterocycles. The third-order valence-electron chi connectivity index (χ3n) is 6.53. The number of methoxy groups -OCH3 is 1. The zero-order chi connectivity index (χ0) is 33.4. The number of rotatable bonds is 13. The van der Waals surface area contributed by atoms with E-state index in [1.807, 2.05) is 0 Å². The van der Waals surface area contributed by atoms with Gasteiger partial charge in [0.2, 0.25) is 5.91 Å². The minimum Gasteiger partial charge on any atom is -0.495 e. The van der Waals surface area contributed by atoms with Gasteiger partial charge in [0.25, 0.3) is 5.91 Å². The molecule has 4 rings (SSSR count). The number of carbonyl (C=O) groups is 4. The maximum absolute atomic E-state index is 14.2. The number of hydrogen-bond donors (Lipinski definition) is 2. The first kappa shape index (κ1) is 34.1. The number of hydrogen-bond acceptors (Lipinski definition) is 11. The molecule has 46 heavy (non-hydrogen) atoms. The Bertz CT molecular complexity index is 1760. The number of thioether (sulfide) groups is 1. The highest BCUT2D eigenvalue weighted by atomic mass is 32.2. The van der Waals surface area contributed by atoms with Gasteiger partial charge >= 0.3 is 11.9 Å². The van der Waals surface area contributed by atoms with Crippen LogP contribution in [0.15, 0.2) is 53.7 Å². The molecule has 0 spiro atoms. The summed E-state index contributed by atoms with van der Waals surface area (Å²) in [5, 5.41) is 13.6. The fourth-order valence-corrected chi connectivity index (χ4v) is 6.29. The Hall–Kier alpha value is -4.76. The minimum atomic E-state index is -0.790. The number of para-hydroxylation sites is 2. The van der Waals surface area contributed by atoms with Crippen LogP contribution in [0.3, 0.4) is 0 Å². The molecule has 0 fully saturated rings. The van der Waals surface area contributed by atoms with Crippen molar-refractivity contribution in [2.75, 3.05) is 25.6 Å². The van der Waals surface area contributed by atoms with Crippen LogP contribution in [0.4, 0.5) is 9.39 Å². The zero-order valence-electron chi connectivity index (χ0n) is 25.7. The molecule has 15 heteroatoms. The van der Waals surface area contributed by atoms with Crippen molar-refractivity contribution in [2.45, 2.75) is 44.6 Å². The number of halogens is 1. The van der Waals surface area contributed by atoms with E-state index in [0.717, 1.165) is 23.1 Å². The predicted octanol–water partition coefficient (Wildman–Crippen LogP) is 5.19. The third-order valence-corrected chi connectivity index (χ3v) is 8.76. The summed E-state index contributed by atoms with van der Waals surface area (Å²) in [6, 6.07) is 12.7. The van der Waals surface area contributed by atoms with E-state index in [1.54, 1.807) is 62.6 Å². The van der Waals surface area contributed by atoms with Gasteiger partial charge in [0.05, 0.1) is 48.9 Å². The van der Waals surface area contributed by atoms with Gasteiger partial charge in [-0.3, -0.25) is 14.2 Å². The van der Waals surface area contributed by atoms with E-state index < -0.39 is 34.8 Å². The highest BCUT2D eigenvalue weighted by Crippen LogP contribution is 2.36. The average Bonchev–Trinajstić information content (AvgIpc) is 3.59. The molecule has 0 saturated carbocycles. The second-order valence-electron chi connectivity index (χ2n) is 9.52. The van der Waals surface area contributed by atoms with Crippen molar-refractivity contribution in [1.82, 2.24) is 20.1 Å². The van der Waals surface area contributed by atoms with Crippen LogP contribution in [0.5, 0.6) is 5.75 Å². The largest absolute Gasteiger partial charge is 0.495 e. The Morgan fingerprint density at radius 1 is 1.00 bits per heavy atom. The summed E-state index contributed by atoms with van der Waals surface area (Å²) in [7, 11) is 1.50. The van der Waals surface area contributed by atoms with Crippen LogP contribution in [0.1, 0.15) is 62.5 Å². The number of anilines is 1. The lowest BCUT2D eigenvalue weighted by atomic mass is 10.1. The van der Waals surface area contributed by atoms with E-state index >= 15 is 0 Å². The van der Waals surface area contributed by atoms with Gasteiger partial charge in [-0.25, -0.2) is 14.0 Å². The minimum absolute atomic E-state index is 0.0746. The monoisotopic (exact) mass is 669 g/mol. The Morgan fingerprint density at radius 2 is 1.67 bits per heavy atom. The van der Waals surface area contributed by atoms with E-state index in [2.05, 4.69) is 20.8 Å². The van der Waals surface area contributed by atoms with E-state index in [1.165, 1.54) is 25.3 Å². The van der Waals surface area contributed by atoms with Crippen molar-refractivity contribution < 1.29 is 37.8 Å². The summed E-state index contributed by atoms with van der Waals surface area (Å²) in [4.78, 5) is 51.7. The molecule has 0 aliphatic rings. The molecule has 2 heterocycles. The molecule has 0 aliphatic heterocycles. The normalized spacial score (nSPS) is 11.4. The Balaban J connectivity index is 1.62. The van der Waals surface area contributed by atoms with Crippen LogP contribution in [0.2, 0.25) is 0 Å². The van der Waals surface area contributed by atoms with Gasteiger partial charge in [0.15, 0.2) is 11.0 Å². The lowest BCUT2D eigenvalue weighted by Crippen LogP contribution is -2.26. The Labute approximate surface area is 272 Å². The molecule has 0 bridgehead atoms. The van der Waals surface area contributed by atoms with Gasteiger partial charge < -0.3 is 24.8 Å². The topological polar surface area (TPSA) is 151 Å². The highest BCUT2D eigenvalue weighted by molar-refractivity contribution is 8.00. The number of nitrogens with one attached hydrogen (secondary N) is 2. The molecule has 2 amide bonds. The van der Waals surface area contributed by atoms with Crippen molar-refractivity contribution in [3.63, 3.8) is 0 Å². The van der Waals surface area contributed by atoms with Crippen LogP contribution in [0, 0.1) is 12.7 Å². The summed E-state index contributed by atoms with van der Waals surface area (Å²) in [6.45, 7) is 6.67. The number of carbonyl (C=O) groups excluding carboxylic acids is 4. The summed E-state index contributed by atoms with van der Waals surface area (Å²) < 4.78 is 31.7. The van der Waals surface area contributed by atoms with Gasteiger partial charge in [-0.2, -0.15) is 0 Å². The molecular weight excluding hydrogens is 638 g/mol. The van der Waals surface area contributed by atoms with E-state index in [4.69, 9.17) is 14.2 Å².